The first-order chi connectivity index (χ1) is 13.7. The SMILES string of the molecule is Cl.Cl.NC(C(=O)N1CCN(Cc2nnnn2-c2ccccc2)CC1)C1CCOCC1. The van der Waals surface area contributed by atoms with Crippen LogP contribution in [0.5, 0.6) is 0 Å². The molecule has 3 heterocycles. The highest BCUT2D eigenvalue weighted by Gasteiger charge is 2.31. The minimum absolute atomic E-state index is 0. The maximum Gasteiger partial charge on any atom is 0.239 e. The summed E-state index contributed by atoms with van der Waals surface area (Å²) in [6.45, 7) is 4.99. The molecule has 0 aliphatic carbocycles. The van der Waals surface area contributed by atoms with Crippen molar-refractivity contribution in [1.29, 1.82) is 0 Å². The van der Waals surface area contributed by atoms with E-state index in [9.17, 15) is 4.79 Å². The molecule has 1 aromatic carbocycles. The summed E-state index contributed by atoms with van der Waals surface area (Å²) in [5, 5.41) is 12.1. The van der Waals surface area contributed by atoms with E-state index in [0.717, 1.165) is 37.4 Å². The van der Waals surface area contributed by atoms with Gasteiger partial charge in [-0.15, -0.1) is 29.9 Å². The van der Waals surface area contributed by atoms with Gasteiger partial charge < -0.3 is 15.4 Å². The number of benzene rings is 1. The van der Waals surface area contributed by atoms with Crippen LogP contribution in [0.25, 0.3) is 5.69 Å². The molecule has 2 fully saturated rings. The number of hydrogen-bond donors (Lipinski definition) is 1. The number of carbonyl (C=O) groups excluding carboxylic acids is 1. The van der Waals surface area contributed by atoms with Gasteiger partial charge in [0, 0.05) is 39.4 Å². The number of ether oxygens (including phenoxy) is 1. The van der Waals surface area contributed by atoms with Gasteiger partial charge in [0.05, 0.1) is 18.3 Å². The second kappa shape index (κ2) is 11.6. The van der Waals surface area contributed by atoms with Gasteiger partial charge in [-0.1, -0.05) is 18.2 Å². The van der Waals surface area contributed by atoms with E-state index in [4.69, 9.17) is 10.5 Å². The Balaban J connectivity index is 0.00000160. The number of piperazine rings is 1. The summed E-state index contributed by atoms with van der Waals surface area (Å²) in [5.74, 6) is 1.10. The van der Waals surface area contributed by atoms with Crippen LogP contribution in [-0.4, -0.2) is 81.3 Å². The highest BCUT2D eigenvalue weighted by atomic mass is 35.5. The lowest BCUT2D eigenvalue weighted by Crippen LogP contribution is -2.55. The molecular weight excluding hydrogens is 429 g/mol. The Bertz CT molecular complexity index is 778. The highest BCUT2D eigenvalue weighted by molar-refractivity contribution is 5.85. The zero-order valence-electron chi connectivity index (χ0n) is 16.8. The van der Waals surface area contributed by atoms with Crippen molar-refractivity contribution < 1.29 is 9.53 Å². The smallest absolute Gasteiger partial charge is 0.239 e. The zero-order chi connectivity index (χ0) is 19.3. The quantitative estimate of drug-likeness (QED) is 0.711. The van der Waals surface area contributed by atoms with Gasteiger partial charge in [0.15, 0.2) is 5.82 Å². The van der Waals surface area contributed by atoms with Crippen molar-refractivity contribution in [2.45, 2.75) is 25.4 Å². The fraction of sp³-hybridized carbons (Fsp3) is 0.579. The minimum Gasteiger partial charge on any atom is -0.381 e. The van der Waals surface area contributed by atoms with Crippen LogP contribution in [-0.2, 0) is 16.1 Å². The Kier molecular flexibility index (Phi) is 9.44. The van der Waals surface area contributed by atoms with E-state index in [0.29, 0.717) is 32.8 Å². The molecule has 9 nitrogen and oxygen atoms in total. The van der Waals surface area contributed by atoms with Crippen molar-refractivity contribution >= 4 is 30.7 Å². The number of aromatic nitrogens is 4. The number of hydrogen-bond acceptors (Lipinski definition) is 7. The number of halogens is 2. The molecule has 1 amide bonds. The summed E-state index contributed by atoms with van der Waals surface area (Å²) in [6.07, 6.45) is 1.74. The molecule has 1 aromatic heterocycles. The Morgan fingerprint density at radius 3 is 2.43 bits per heavy atom. The number of rotatable bonds is 5. The second-order valence-electron chi connectivity index (χ2n) is 7.42. The number of tetrazole rings is 1. The molecule has 11 heteroatoms. The molecule has 2 aliphatic rings. The van der Waals surface area contributed by atoms with Gasteiger partial charge >= 0.3 is 0 Å². The molecule has 30 heavy (non-hydrogen) atoms. The summed E-state index contributed by atoms with van der Waals surface area (Å²) < 4.78 is 7.14. The first-order valence-corrected chi connectivity index (χ1v) is 9.89. The van der Waals surface area contributed by atoms with E-state index >= 15 is 0 Å². The Morgan fingerprint density at radius 2 is 1.77 bits per heavy atom. The van der Waals surface area contributed by atoms with Crippen molar-refractivity contribution in [2.24, 2.45) is 11.7 Å². The average Bonchev–Trinajstić information content (AvgIpc) is 3.22. The molecule has 166 valence electrons. The van der Waals surface area contributed by atoms with Crippen molar-refractivity contribution in [3.05, 3.63) is 36.2 Å². The maximum atomic E-state index is 12.8. The summed E-state index contributed by atoms with van der Waals surface area (Å²) in [4.78, 5) is 16.9. The van der Waals surface area contributed by atoms with Crippen molar-refractivity contribution in [3.63, 3.8) is 0 Å². The van der Waals surface area contributed by atoms with Crippen LogP contribution < -0.4 is 5.73 Å². The van der Waals surface area contributed by atoms with Gasteiger partial charge in [0.2, 0.25) is 5.91 Å². The van der Waals surface area contributed by atoms with Gasteiger partial charge in [0.25, 0.3) is 0 Å². The van der Waals surface area contributed by atoms with Crippen LogP contribution in [0.15, 0.2) is 30.3 Å². The lowest BCUT2D eigenvalue weighted by atomic mass is 9.91. The summed E-state index contributed by atoms with van der Waals surface area (Å²) in [5.41, 5.74) is 7.20. The number of amides is 1. The predicted molar refractivity (Wildman–Crippen MR) is 117 cm³/mol. The molecule has 0 bridgehead atoms. The second-order valence-corrected chi connectivity index (χ2v) is 7.42. The van der Waals surface area contributed by atoms with Gasteiger partial charge in [-0.05, 0) is 41.3 Å². The lowest BCUT2D eigenvalue weighted by Gasteiger charge is -2.37. The number of carbonyl (C=O) groups is 1. The standard InChI is InChI=1S/C19H27N7O2.2ClH/c20-18(15-6-12-28-13-7-15)19(27)25-10-8-24(9-11-25)14-17-21-22-23-26(17)16-4-2-1-3-5-16;;/h1-5,15,18H,6-14,20H2;2*1H. The van der Waals surface area contributed by atoms with Crippen LogP contribution in [0.3, 0.4) is 0 Å². The van der Waals surface area contributed by atoms with E-state index in [2.05, 4.69) is 20.4 Å². The monoisotopic (exact) mass is 457 g/mol. The normalized spacial score (nSPS) is 18.9. The molecule has 0 radical (unpaired) electrons. The van der Waals surface area contributed by atoms with Crippen LogP contribution >= 0.6 is 24.8 Å². The Labute approximate surface area is 188 Å². The largest absolute Gasteiger partial charge is 0.381 e. The third-order valence-electron chi connectivity index (χ3n) is 5.64. The van der Waals surface area contributed by atoms with Gasteiger partial charge in [0.1, 0.15) is 0 Å². The molecule has 0 saturated carbocycles. The topological polar surface area (TPSA) is 102 Å². The van der Waals surface area contributed by atoms with E-state index in [1.807, 2.05) is 35.2 Å². The van der Waals surface area contributed by atoms with Crippen LogP contribution in [0, 0.1) is 5.92 Å². The van der Waals surface area contributed by atoms with Crippen molar-refractivity contribution in [3.8, 4) is 5.69 Å². The van der Waals surface area contributed by atoms with Crippen LogP contribution in [0.4, 0.5) is 0 Å². The highest BCUT2D eigenvalue weighted by Crippen LogP contribution is 2.20. The molecule has 0 spiro atoms. The average molecular weight is 458 g/mol. The minimum atomic E-state index is -0.416. The summed E-state index contributed by atoms with van der Waals surface area (Å²) in [6, 6.07) is 9.44. The van der Waals surface area contributed by atoms with Crippen LogP contribution in [0.2, 0.25) is 0 Å². The van der Waals surface area contributed by atoms with Gasteiger partial charge in [-0.2, -0.15) is 4.68 Å². The molecule has 2 aliphatic heterocycles. The molecule has 2 saturated heterocycles. The molecule has 2 N–H and O–H groups in total. The van der Waals surface area contributed by atoms with Crippen LogP contribution in [0.1, 0.15) is 18.7 Å². The molecule has 1 atom stereocenters. The summed E-state index contributed by atoms with van der Waals surface area (Å²) in [7, 11) is 0. The maximum absolute atomic E-state index is 12.8. The van der Waals surface area contributed by atoms with Gasteiger partial charge in [-0.25, -0.2) is 0 Å². The summed E-state index contributed by atoms with van der Waals surface area (Å²) >= 11 is 0. The Hall–Kier alpha value is -1.78. The Morgan fingerprint density at radius 1 is 1.10 bits per heavy atom. The van der Waals surface area contributed by atoms with Crippen molar-refractivity contribution in [2.75, 3.05) is 39.4 Å². The fourth-order valence-corrected chi connectivity index (χ4v) is 3.89. The molecular formula is C19H29Cl2N7O2. The molecule has 1 unspecified atom stereocenters. The van der Waals surface area contributed by atoms with Gasteiger partial charge in [-0.3, -0.25) is 9.69 Å². The van der Waals surface area contributed by atoms with E-state index in [-0.39, 0.29) is 36.6 Å². The third kappa shape index (κ3) is 5.67. The predicted octanol–water partition coefficient (Wildman–Crippen LogP) is 0.904. The number of nitrogens with zero attached hydrogens (tertiary/aromatic N) is 6. The van der Waals surface area contributed by atoms with Crippen molar-refractivity contribution in [1.82, 2.24) is 30.0 Å². The molecule has 2 aromatic rings. The number of nitrogens with two attached hydrogens (primary N) is 1. The van der Waals surface area contributed by atoms with E-state index in [1.54, 1.807) is 4.68 Å². The molecule has 4 rings (SSSR count). The van der Waals surface area contributed by atoms with E-state index in [1.165, 1.54) is 0 Å². The first kappa shape index (κ1) is 24.5. The number of para-hydroxylation sites is 1. The lowest BCUT2D eigenvalue weighted by molar-refractivity contribution is -0.136. The van der Waals surface area contributed by atoms with E-state index < -0.39 is 6.04 Å². The fourth-order valence-electron chi connectivity index (χ4n) is 3.89. The first-order valence-electron chi connectivity index (χ1n) is 9.89. The zero-order valence-corrected chi connectivity index (χ0v) is 18.4. The third-order valence-corrected chi connectivity index (χ3v) is 5.64.